The summed E-state index contributed by atoms with van der Waals surface area (Å²) in [5.41, 5.74) is 1.93. The van der Waals surface area contributed by atoms with Gasteiger partial charge in [-0.3, -0.25) is 0 Å². The third-order valence-corrected chi connectivity index (χ3v) is 3.26. The maximum absolute atomic E-state index is 4.13. The summed E-state index contributed by atoms with van der Waals surface area (Å²) in [6, 6.07) is 0. The maximum Gasteiger partial charge on any atom is -0.00960 e. The van der Waals surface area contributed by atoms with Crippen LogP contribution in [-0.4, -0.2) is 0 Å². The monoisotopic (exact) mass is 138 g/mol. The lowest BCUT2D eigenvalue weighted by atomic mass is 9.75. The summed E-state index contributed by atoms with van der Waals surface area (Å²) in [6.07, 6.45) is 3.96. The van der Waals surface area contributed by atoms with Crippen LogP contribution in [0.15, 0.2) is 12.2 Å². The van der Waals surface area contributed by atoms with Gasteiger partial charge < -0.3 is 0 Å². The number of hydrogen-bond donors (Lipinski definition) is 0. The third kappa shape index (κ3) is 1.00. The van der Waals surface area contributed by atoms with E-state index in [0.717, 1.165) is 5.92 Å². The first-order valence-electron chi connectivity index (χ1n) is 4.25. The molecule has 0 radical (unpaired) electrons. The van der Waals surface area contributed by atoms with Crippen LogP contribution in [0.5, 0.6) is 0 Å². The SMILES string of the molecule is C=C1CCCC1(C)C(C)C. The van der Waals surface area contributed by atoms with E-state index in [1.54, 1.807) is 0 Å². The van der Waals surface area contributed by atoms with E-state index in [9.17, 15) is 0 Å². The Morgan fingerprint density at radius 2 is 2.10 bits per heavy atom. The van der Waals surface area contributed by atoms with Crippen molar-refractivity contribution >= 4 is 0 Å². The molecule has 0 aromatic heterocycles. The van der Waals surface area contributed by atoms with Crippen molar-refractivity contribution in [2.75, 3.05) is 0 Å². The summed E-state index contributed by atoms with van der Waals surface area (Å²) >= 11 is 0. The average Bonchev–Trinajstić information content (AvgIpc) is 2.15. The molecule has 1 fully saturated rings. The highest BCUT2D eigenvalue weighted by Gasteiger charge is 2.34. The van der Waals surface area contributed by atoms with Gasteiger partial charge >= 0.3 is 0 Å². The predicted molar refractivity (Wildman–Crippen MR) is 45.9 cm³/mol. The van der Waals surface area contributed by atoms with Gasteiger partial charge in [-0.15, -0.1) is 0 Å². The Bertz CT molecular complexity index is 144. The Hall–Kier alpha value is -0.260. The van der Waals surface area contributed by atoms with E-state index in [0.29, 0.717) is 5.41 Å². The van der Waals surface area contributed by atoms with Crippen LogP contribution in [0.1, 0.15) is 40.0 Å². The predicted octanol–water partition coefficient (Wildman–Crippen LogP) is 3.39. The van der Waals surface area contributed by atoms with Gasteiger partial charge in [0.15, 0.2) is 0 Å². The molecule has 0 aliphatic heterocycles. The lowest BCUT2D eigenvalue weighted by Gasteiger charge is -2.30. The highest BCUT2D eigenvalue weighted by molar-refractivity contribution is 5.14. The first kappa shape index (κ1) is 7.84. The van der Waals surface area contributed by atoms with Crippen LogP contribution in [0.25, 0.3) is 0 Å². The zero-order valence-corrected chi connectivity index (χ0v) is 7.41. The molecule has 0 saturated heterocycles. The van der Waals surface area contributed by atoms with Crippen LogP contribution in [0, 0.1) is 11.3 Å². The van der Waals surface area contributed by atoms with Crippen molar-refractivity contribution in [1.82, 2.24) is 0 Å². The molecule has 1 saturated carbocycles. The quantitative estimate of drug-likeness (QED) is 0.487. The van der Waals surface area contributed by atoms with E-state index in [-0.39, 0.29) is 0 Å². The molecule has 1 aliphatic carbocycles. The molecule has 10 heavy (non-hydrogen) atoms. The lowest BCUT2D eigenvalue weighted by molar-refractivity contribution is 0.286. The van der Waals surface area contributed by atoms with E-state index in [1.165, 1.54) is 24.8 Å². The van der Waals surface area contributed by atoms with E-state index >= 15 is 0 Å². The summed E-state index contributed by atoms with van der Waals surface area (Å²) in [4.78, 5) is 0. The van der Waals surface area contributed by atoms with Gasteiger partial charge in [0, 0.05) is 0 Å². The minimum absolute atomic E-state index is 0.458. The third-order valence-electron chi connectivity index (χ3n) is 3.26. The number of rotatable bonds is 1. The molecule has 1 atom stereocenters. The molecule has 0 heteroatoms. The Balaban J connectivity index is 2.75. The molecule has 0 heterocycles. The number of hydrogen-bond acceptors (Lipinski definition) is 0. The normalized spacial score (nSPS) is 33.8. The lowest BCUT2D eigenvalue weighted by Crippen LogP contribution is -2.20. The topological polar surface area (TPSA) is 0 Å². The van der Waals surface area contributed by atoms with Gasteiger partial charge in [-0.2, -0.15) is 0 Å². The van der Waals surface area contributed by atoms with Gasteiger partial charge in [0.1, 0.15) is 0 Å². The summed E-state index contributed by atoms with van der Waals surface area (Å²) in [5, 5.41) is 0. The van der Waals surface area contributed by atoms with Crippen molar-refractivity contribution in [2.45, 2.75) is 40.0 Å². The number of allylic oxidation sites excluding steroid dienone is 1. The summed E-state index contributed by atoms with van der Waals surface area (Å²) in [7, 11) is 0. The zero-order chi connectivity index (χ0) is 7.78. The van der Waals surface area contributed by atoms with Gasteiger partial charge in [-0.25, -0.2) is 0 Å². The fraction of sp³-hybridized carbons (Fsp3) is 0.800. The van der Waals surface area contributed by atoms with Crippen molar-refractivity contribution in [1.29, 1.82) is 0 Å². The zero-order valence-electron chi connectivity index (χ0n) is 7.41. The molecule has 0 aromatic carbocycles. The minimum atomic E-state index is 0.458. The highest BCUT2D eigenvalue weighted by Crippen LogP contribution is 2.46. The maximum atomic E-state index is 4.13. The first-order chi connectivity index (χ1) is 4.57. The van der Waals surface area contributed by atoms with Gasteiger partial charge in [0.05, 0.1) is 0 Å². The Morgan fingerprint density at radius 3 is 2.30 bits per heavy atom. The summed E-state index contributed by atoms with van der Waals surface area (Å²) in [6.45, 7) is 11.1. The van der Waals surface area contributed by atoms with Crippen LogP contribution in [0.3, 0.4) is 0 Å². The molecular formula is C10H18. The van der Waals surface area contributed by atoms with Crippen molar-refractivity contribution in [3.63, 3.8) is 0 Å². The van der Waals surface area contributed by atoms with Crippen LogP contribution in [0.2, 0.25) is 0 Å². The molecule has 1 unspecified atom stereocenters. The molecule has 0 bridgehead atoms. The molecule has 1 aliphatic rings. The minimum Gasteiger partial charge on any atom is -0.0993 e. The molecule has 0 aromatic rings. The van der Waals surface area contributed by atoms with Gasteiger partial charge in [-0.05, 0) is 30.6 Å². The molecule has 0 N–H and O–H groups in total. The average molecular weight is 138 g/mol. The van der Waals surface area contributed by atoms with Crippen LogP contribution in [0.4, 0.5) is 0 Å². The molecule has 0 amide bonds. The largest absolute Gasteiger partial charge is 0.0993 e. The summed E-state index contributed by atoms with van der Waals surface area (Å²) in [5.74, 6) is 0.766. The standard InChI is InChI=1S/C10H18/c1-8(2)10(4)7-5-6-9(10)3/h8H,3,5-7H2,1-2,4H3. The molecule has 1 rings (SSSR count). The van der Waals surface area contributed by atoms with E-state index in [2.05, 4.69) is 27.4 Å². The second-order valence-electron chi connectivity index (χ2n) is 4.03. The van der Waals surface area contributed by atoms with Gasteiger partial charge in [0.2, 0.25) is 0 Å². The fourth-order valence-corrected chi connectivity index (χ4v) is 1.83. The Morgan fingerprint density at radius 1 is 1.50 bits per heavy atom. The van der Waals surface area contributed by atoms with Crippen molar-refractivity contribution in [3.05, 3.63) is 12.2 Å². The molecule has 0 spiro atoms. The summed E-state index contributed by atoms with van der Waals surface area (Å²) < 4.78 is 0. The van der Waals surface area contributed by atoms with Crippen LogP contribution < -0.4 is 0 Å². The van der Waals surface area contributed by atoms with Crippen LogP contribution >= 0.6 is 0 Å². The van der Waals surface area contributed by atoms with Gasteiger partial charge in [-0.1, -0.05) is 32.9 Å². The van der Waals surface area contributed by atoms with E-state index in [1.807, 2.05) is 0 Å². The first-order valence-corrected chi connectivity index (χ1v) is 4.25. The second kappa shape index (κ2) is 2.41. The smallest absolute Gasteiger partial charge is 0.00960 e. The van der Waals surface area contributed by atoms with Crippen molar-refractivity contribution in [2.24, 2.45) is 11.3 Å². The van der Waals surface area contributed by atoms with Gasteiger partial charge in [0.25, 0.3) is 0 Å². The van der Waals surface area contributed by atoms with Crippen molar-refractivity contribution < 1.29 is 0 Å². The van der Waals surface area contributed by atoms with Crippen molar-refractivity contribution in [3.8, 4) is 0 Å². The van der Waals surface area contributed by atoms with Crippen LogP contribution in [-0.2, 0) is 0 Å². The molecule has 0 nitrogen and oxygen atoms in total. The second-order valence-corrected chi connectivity index (χ2v) is 4.03. The molecular weight excluding hydrogens is 120 g/mol. The van der Waals surface area contributed by atoms with E-state index in [4.69, 9.17) is 0 Å². The van der Waals surface area contributed by atoms with E-state index < -0.39 is 0 Å². The Labute approximate surface area is 64.3 Å². The molecule has 58 valence electrons. The Kier molecular flexibility index (Phi) is 1.89. The highest BCUT2D eigenvalue weighted by atomic mass is 14.4. The fourth-order valence-electron chi connectivity index (χ4n) is 1.83.